The van der Waals surface area contributed by atoms with Crippen LogP contribution in [0.3, 0.4) is 0 Å². The molecule has 1 aliphatic carbocycles. The first-order valence-electron chi connectivity index (χ1n) is 8.84. The normalized spacial score (nSPS) is 16.2. The first kappa shape index (κ1) is 18.3. The molecule has 0 aliphatic heterocycles. The summed E-state index contributed by atoms with van der Waals surface area (Å²) in [4.78, 5) is 24.4. The Kier molecular flexibility index (Phi) is 7.59. The highest BCUT2D eigenvalue weighted by Gasteiger charge is 2.32. The Balaban J connectivity index is 1.90. The van der Waals surface area contributed by atoms with Crippen LogP contribution in [-0.4, -0.2) is 24.7 Å². The van der Waals surface area contributed by atoms with E-state index in [1.165, 1.54) is 6.42 Å². The van der Waals surface area contributed by atoms with Crippen LogP contribution in [0.2, 0.25) is 0 Å². The van der Waals surface area contributed by atoms with Gasteiger partial charge >= 0.3 is 12.1 Å². The largest absolute Gasteiger partial charge is 0.464 e. The summed E-state index contributed by atoms with van der Waals surface area (Å²) in [6.45, 7) is 2.52. The van der Waals surface area contributed by atoms with Gasteiger partial charge in [-0.1, -0.05) is 56.5 Å². The highest BCUT2D eigenvalue weighted by molar-refractivity contribution is 5.81. The number of carbonyl (C=O) groups excluding carboxylic acids is 2. The molecule has 1 aromatic carbocycles. The van der Waals surface area contributed by atoms with Gasteiger partial charge in [0.15, 0.2) is 0 Å². The third-order valence-corrected chi connectivity index (χ3v) is 4.31. The van der Waals surface area contributed by atoms with Crippen LogP contribution in [0.5, 0.6) is 0 Å². The Labute approximate surface area is 143 Å². The SMILES string of the molecule is CCCOC(=O)C(NC(=O)OCc1ccccc1)C1CCCCC1. The molecule has 5 heteroatoms. The molecule has 1 fully saturated rings. The number of esters is 1. The van der Waals surface area contributed by atoms with E-state index in [4.69, 9.17) is 9.47 Å². The van der Waals surface area contributed by atoms with Crippen molar-refractivity contribution >= 4 is 12.1 Å². The van der Waals surface area contributed by atoms with E-state index in [0.717, 1.165) is 37.7 Å². The van der Waals surface area contributed by atoms with Crippen molar-refractivity contribution in [2.45, 2.75) is 58.1 Å². The van der Waals surface area contributed by atoms with Gasteiger partial charge in [0.05, 0.1) is 6.61 Å². The number of ether oxygens (including phenoxy) is 2. The van der Waals surface area contributed by atoms with Gasteiger partial charge in [0, 0.05) is 0 Å². The summed E-state index contributed by atoms with van der Waals surface area (Å²) in [7, 11) is 0. The van der Waals surface area contributed by atoms with Gasteiger partial charge in [-0.3, -0.25) is 0 Å². The van der Waals surface area contributed by atoms with E-state index in [1.807, 2.05) is 37.3 Å². The van der Waals surface area contributed by atoms with Crippen LogP contribution in [0.25, 0.3) is 0 Å². The van der Waals surface area contributed by atoms with Crippen molar-refractivity contribution in [1.29, 1.82) is 0 Å². The van der Waals surface area contributed by atoms with Gasteiger partial charge in [-0.15, -0.1) is 0 Å². The highest BCUT2D eigenvalue weighted by Crippen LogP contribution is 2.27. The Morgan fingerprint density at radius 2 is 1.83 bits per heavy atom. The topological polar surface area (TPSA) is 64.6 Å². The maximum atomic E-state index is 12.3. The molecule has 1 saturated carbocycles. The number of carbonyl (C=O) groups is 2. The Hall–Kier alpha value is -2.04. The number of nitrogens with one attached hydrogen (secondary N) is 1. The number of amides is 1. The second-order valence-electron chi connectivity index (χ2n) is 6.25. The van der Waals surface area contributed by atoms with Crippen LogP contribution in [0, 0.1) is 5.92 Å². The molecule has 0 spiro atoms. The van der Waals surface area contributed by atoms with Gasteiger partial charge in [0.2, 0.25) is 0 Å². The fourth-order valence-corrected chi connectivity index (χ4v) is 3.02. The zero-order chi connectivity index (χ0) is 17.2. The fourth-order valence-electron chi connectivity index (χ4n) is 3.02. The predicted octanol–water partition coefficient (Wildman–Crippen LogP) is 3.81. The molecule has 1 amide bonds. The van der Waals surface area contributed by atoms with Gasteiger partial charge < -0.3 is 14.8 Å². The van der Waals surface area contributed by atoms with Crippen molar-refractivity contribution in [3.05, 3.63) is 35.9 Å². The molecule has 0 saturated heterocycles. The molecule has 132 valence electrons. The summed E-state index contributed by atoms with van der Waals surface area (Å²) in [5.41, 5.74) is 0.912. The lowest BCUT2D eigenvalue weighted by molar-refractivity contribution is -0.148. The van der Waals surface area contributed by atoms with Gasteiger partial charge in [-0.25, -0.2) is 9.59 Å². The minimum Gasteiger partial charge on any atom is -0.464 e. The summed E-state index contributed by atoms with van der Waals surface area (Å²) in [6, 6.07) is 8.86. The van der Waals surface area contributed by atoms with Crippen molar-refractivity contribution < 1.29 is 19.1 Å². The number of benzene rings is 1. The molecule has 24 heavy (non-hydrogen) atoms. The summed E-state index contributed by atoms with van der Waals surface area (Å²) < 4.78 is 10.5. The van der Waals surface area contributed by atoms with Crippen LogP contribution in [-0.2, 0) is 20.9 Å². The van der Waals surface area contributed by atoms with Crippen LogP contribution in [0.15, 0.2) is 30.3 Å². The number of alkyl carbamates (subject to hydrolysis) is 1. The second-order valence-corrected chi connectivity index (χ2v) is 6.25. The Morgan fingerprint density at radius 3 is 2.50 bits per heavy atom. The van der Waals surface area contributed by atoms with Crippen LogP contribution < -0.4 is 5.32 Å². The summed E-state index contributed by atoms with van der Waals surface area (Å²) in [5.74, 6) is -0.215. The zero-order valence-electron chi connectivity index (χ0n) is 14.3. The van der Waals surface area contributed by atoms with Crippen LogP contribution in [0.1, 0.15) is 51.0 Å². The molecule has 2 rings (SSSR count). The molecular formula is C19H27NO4. The lowest BCUT2D eigenvalue weighted by atomic mass is 9.84. The van der Waals surface area contributed by atoms with E-state index in [-0.39, 0.29) is 18.5 Å². The quantitative estimate of drug-likeness (QED) is 0.771. The van der Waals surface area contributed by atoms with E-state index in [2.05, 4.69) is 5.32 Å². The van der Waals surface area contributed by atoms with E-state index >= 15 is 0 Å². The summed E-state index contributed by atoms with van der Waals surface area (Å²) in [5, 5.41) is 2.73. The summed E-state index contributed by atoms with van der Waals surface area (Å²) >= 11 is 0. The van der Waals surface area contributed by atoms with E-state index in [9.17, 15) is 9.59 Å². The Morgan fingerprint density at radius 1 is 1.12 bits per heavy atom. The molecule has 1 atom stereocenters. The smallest absolute Gasteiger partial charge is 0.408 e. The fraction of sp³-hybridized carbons (Fsp3) is 0.579. The molecule has 0 bridgehead atoms. The third-order valence-electron chi connectivity index (χ3n) is 4.31. The molecule has 5 nitrogen and oxygen atoms in total. The first-order valence-corrected chi connectivity index (χ1v) is 8.84. The number of rotatable bonds is 7. The molecule has 1 aliphatic rings. The van der Waals surface area contributed by atoms with Gasteiger partial charge in [0.1, 0.15) is 12.6 Å². The molecule has 0 radical (unpaired) electrons. The van der Waals surface area contributed by atoms with Crippen molar-refractivity contribution in [3.8, 4) is 0 Å². The van der Waals surface area contributed by atoms with E-state index < -0.39 is 12.1 Å². The number of hydrogen-bond acceptors (Lipinski definition) is 4. The molecule has 1 N–H and O–H groups in total. The Bertz CT molecular complexity index is 511. The second kappa shape index (κ2) is 9.96. The molecular weight excluding hydrogens is 306 g/mol. The van der Waals surface area contributed by atoms with Crippen molar-refractivity contribution in [3.63, 3.8) is 0 Å². The average molecular weight is 333 g/mol. The summed E-state index contributed by atoms with van der Waals surface area (Å²) in [6.07, 6.45) is 5.43. The lowest BCUT2D eigenvalue weighted by Crippen LogP contribution is -2.47. The van der Waals surface area contributed by atoms with Gasteiger partial charge in [-0.05, 0) is 30.7 Å². The molecule has 1 unspecified atom stereocenters. The van der Waals surface area contributed by atoms with E-state index in [0.29, 0.717) is 6.61 Å². The van der Waals surface area contributed by atoms with Crippen molar-refractivity contribution in [1.82, 2.24) is 5.32 Å². The van der Waals surface area contributed by atoms with E-state index in [1.54, 1.807) is 0 Å². The lowest BCUT2D eigenvalue weighted by Gasteiger charge is -2.29. The average Bonchev–Trinajstić information content (AvgIpc) is 2.64. The predicted molar refractivity (Wildman–Crippen MR) is 91.4 cm³/mol. The minimum absolute atomic E-state index is 0.132. The standard InChI is InChI=1S/C19H27NO4/c1-2-13-23-18(21)17(16-11-7-4-8-12-16)20-19(22)24-14-15-9-5-3-6-10-15/h3,5-6,9-10,16-17H,2,4,7-8,11-14H2,1H3,(H,20,22). The first-order chi connectivity index (χ1) is 11.7. The van der Waals surface area contributed by atoms with Crippen LogP contribution >= 0.6 is 0 Å². The monoisotopic (exact) mass is 333 g/mol. The minimum atomic E-state index is -0.611. The van der Waals surface area contributed by atoms with Gasteiger partial charge in [0.25, 0.3) is 0 Å². The molecule has 1 aromatic rings. The number of hydrogen-bond donors (Lipinski definition) is 1. The van der Waals surface area contributed by atoms with Crippen molar-refractivity contribution in [2.24, 2.45) is 5.92 Å². The molecule has 0 aromatic heterocycles. The van der Waals surface area contributed by atoms with Gasteiger partial charge in [-0.2, -0.15) is 0 Å². The van der Waals surface area contributed by atoms with Crippen molar-refractivity contribution in [2.75, 3.05) is 6.61 Å². The van der Waals surface area contributed by atoms with Crippen LogP contribution in [0.4, 0.5) is 4.79 Å². The third kappa shape index (κ3) is 5.87. The molecule has 0 heterocycles. The maximum absolute atomic E-state index is 12.3. The maximum Gasteiger partial charge on any atom is 0.408 e. The zero-order valence-corrected chi connectivity index (χ0v) is 14.3. The highest BCUT2D eigenvalue weighted by atomic mass is 16.6.